The van der Waals surface area contributed by atoms with E-state index in [1.165, 1.54) is 0 Å². The topological polar surface area (TPSA) is 29.1 Å². The molecular formula is C13H29NO. The maximum atomic E-state index is 11.3. The van der Waals surface area contributed by atoms with Crippen molar-refractivity contribution in [2.75, 3.05) is 13.6 Å². The summed E-state index contributed by atoms with van der Waals surface area (Å²) in [6.07, 6.45) is 0.927. The van der Waals surface area contributed by atoms with E-state index in [2.05, 4.69) is 19.2 Å². The molecule has 0 aromatic carbocycles. The molecule has 15 heavy (non-hydrogen) atoms. The number of ketones is 1. The summed E-state index contributed by atoms with van der Waals surface area (Å²) < 4.78 is 0. The summed E-state index contributed by atoms with van der Waals surface area (Å²) in [5, 5.41) is 3.16. The summed E-state index contributed by atoms with van der Waals surface area (Å²) in [7, 11) is 1.95. The average molecular weight is 215 g/mol. The molecule has 92 valence electrons. The minimum absolute atomic E-state index is 0.184. The van der Waals surface area contributed by atoms with Gasteiger partial charge in [0, 0.05) is 5.41 Å². The zero-order valence-electron chi connectivity index (χ0n) is 11.8. The number of nitrogens with one attached hydrogen (secondary N) is 1. The average Bonchev–Trinajstić information content (AvgIpc) is 2.05. The molecule has 0 bridgehead atoms. The maximum Gasteiger partial charge on any atom is 0.135 e. The number of hydrogen-bond acceptors (Lipinski definition) is 2. The highest BCUT2D eigenvalue weighted by Crippen LogP contribution is 2.33. The maximum absolute atomic E-state index is 11.3. The lowest BCUT2D eigenvalue weighted by Gasteiger charge is -2.33. The van der Waals surface area contributed by atoms with E-state index in [-0.39, 0.29) is 16.6 Å². The largest absolute Gasteiger partial charge is 0.319 e. The second kappa shape index (κ2) is 7.00. The van der Waals surface area contributed by atoms with E-state index < -0.39 is 0 Å². The van der Waals surface area contributed by atoms with E-state index in [1.807, 2.05) is 34.7 Å². The summed E-state index contributed by atoms with van der Waals surface area (Å²) in [6, 6.07) is 0. The van der Waals surface area contributed by atoms with Crippen LogP contribution in [0, 0.1) is 10.8 Å². The van der Waals surface area contributed by atoms with E-state index in [4.69, 9.17) is 0 Å². The van der Waals surface area contributed by atoms with E-state index in [0.717, 1.165) is 13.0 Å². The van der Waals surface area contributed by atoms with Crippen molar-refractivity contribution < 1.29 is 4.79 Å². The Labute approximate surface area is 95.8 Å². The van der Waals surface area contributed by atoms with Gasteiger partial charge in [0.15, 0.2) is 0 Å². The molecule has 0 rings (SSSR count). The molecule has 1 N–H and O–H groups in total. The first-order chi connectivity index (χ1) is 6.71. The molecule has 0 fully saturated rings. The molecule has 0 unspecified atom stereocenters. The normalized spacial score (nSPS) is 11.7. The summed E-state index contributed by atoms with van der Waals surface area (Å²) in [5.41, 5.74) is -0.00965. The second-order valence-electron chi connectivity index (χ2n) is 5.31. The van der Waals surface area contributed by atoms with Gasteiger partial charge in [-0.25, -0.2) is 0 Å². The van der Waals surface area contributed by atoms with Crippen LogP contribution in [0.5, 0.6) is 0 Å². The van der Waals surface area contributed by atoms with Gasteiger partial charge in [-0.15, -0.1) is 0 Å². The lowest BCUT2D eigenvalue weighted by molar-refractivity contribution is -0.126. The molecule has 0 aromatic heterocycles. The number of hydrogen-bond donors (Lipinski definition) is 1. The van der Waals surface area contributed by atoms with Crippen LogP contribution < -0.4 is 5.32 Å². The van der Waals surface area contributed by atoms with Crippen LogP contribution in [0.4, 0.5) is 0 Å². The zero-order valence-corrected chi connectivity index (χ0v) is 11.8. The standard InChI is InChI=1S/C11H23NO.C2H6/c1-9(13)11(4,5)7-10(2,3)8-12-6;1-2/h12H,7-8H2,1-6H3;1-2H3. The first-order valence-corrected chi connectivity index (χ1v) is 5.87. The van der Waals surface area contributed by atoms with Gasteiger partial charge in [-0.2, -0.15) is 0 Å². The summed E-state index contributed by atoms with van der Waals surface area (Å²) in [6.45, 7) is 15.0. The van der Waals surface area contributed by atoms with Crippen molar-refractivity contribution in [2.24, 2.45) is 10.8 Å². The quantitative estimate of drug-likeness (QED) is 0.762. The summed E-state index contributed by atoms with van der Waals surface area (Å²) >= 11 is 0. The number of rotatable bonds is 5. The Hall–Kier alpha value is -0.370. The molecule has 0 aliphatic carbocycles. The number of Topliss-reactive ketones (excluding diaryl/α,β-unsaturated/α-hetero) is 1. The van der Waals surface area contributed by atoms with Gasteiger partial charge in [-0.1, -0.05) is 41.5 Å². The predicted molar refractivity (Wildman–Crippen MR) is 68.1 cm³/mol. The fraction of sp³-hybridized carbons (Fsp3) is 0.923. The van der Waals surface area contributed by atoms with Gasteiger partial charge in [-0.3, -0.25) is 4.79 Å². The third-order valence-electron chi connectivity index (χ3n) is 2.53. The molecule has 0 radical (unpaired) electrons. The molecule has 0 spiro atoms. The van der Waals surface area contributed by atoms with Gasteiger partial charge in [0.05, 0.1) is 0 Å². The molecule has 0 aliphatic heterocycles. The van der Waals surface area contributed by atoms with E-state index in [0.29, 0.717) is 0 Å². The molecule has 2 nitrogen and oxygen atoms in total. The Morgan fingerprint density at radius 3 is 1.80 bits per heavy atom. The SMILES string of the molecule is CC.CNCC(C)(C)CC(C)(C)C(C)=O. The molecule has 2 heteroatoms. The van der Waals surface area contributed by atoms with Crippen molar-refractivity contribution >= 4 is 5.78 Å². The smallest absolute Gasteiger partial charge is 0.135 e. The molecular weight excluding hydrogens is 186 g/mol. The monoisotopic (exact) mass is 215 g/mol. The summed E-state index contributed by atoms with van der Waals surface area (Å²) in [5.74, 6) is 0.275. The second-order valence-corrected chi connectivity index (χ2v) is 5.31. The van der Waals surface area contributed by atoms with E-state index in [1.54, 1.807) is 6.92 Å². The fourth-order valence-electron chi connectivity index (χ4n) is 1.86. The molecule has 0 atom stereocenters. The third kappa shape index (κ3) is 7.55. The van der Waals surface area contributed by atoms with Crippen molar-refractivity contribution in [1.82, 2.24) is 5.32 Å². The molecule has 0 heterocycles. The van der Waals surface area contributed by atoms with Crippen LogP contribution in [0.15, 0.2) is 0 Å². The van der Waals surface area contributed by atoms with Crippen molar-refractivity contribution in [3.63, 3.8) is 0 Å². The Kier molecular flexibility index (Phi) is 7.95. The lowest BCUT2D eigenvalue weighted by atomic mass is 9.73. The van der Waals surface area contributed by atoms with Crippen LogP contribution in [0.25, 0.3) is 0 Å². The Morgan fingerprint density at radius 2 is 1.53 bits per heavy atom. The zero-order chi connectivity index (χ0) is 12.7. The first kappa shape index (κ1) is 17.0. The Morgan fingerprint density at radius 1 is 1.13 bits per heavy atom. The first-order valence-electron chi connectivity index (χ1n) is 5.87. The van der Waals surface area contributed by atoms with Gasteiger partial charge in [0.25, 0.3) is 0 Å². The van der Waals surface area contributed by atoms with Crippen LogP contribution in [0.3, 0.4) is 0 Å². The summed E-state index contributed by atoms with van der Waals surface area (Å²) in [4.78, 5) is 11.3. The Bertz CT molecular complexity index is 183. The van der Waals surface area contributed by atoms with Crippen LogP contribution in [0.2, 0.25) is 0 Å². The highest BCUT2D eigenvalue weighted by atomic mass is 16.1. The van der Waals surface area contributed by atoms with Crippen LogP contribution in [0.1, 0.15) is 54.9 Å². The minimum Gasteiger partial charge on any atom is -0.319 e. The highest BCUT2D eigenvalue weighted by molar-refractivity contribution is 5.81. The molecule has 0 aliphatic rings. The van der Waals surface area contributed by atoms with Crippen molar-refractivity contribution in [3.8, 4) is 0 Å². The van der Waals surface area contributed by atoms with Crippen LogP contribution in [-0.2, 0) is 4.79 Å². The van der Waals surface area contributed by atoms with Gasteiger partial charge in [0.1, 0.15) is 5.78 Å². The molecule has 0 saturated carbocycles. The van der Waals surface area contributed by atoms with E-state index >= 15 is 0 Å². The highest BCUT2D eigenvalue weighted by Gasteiger charge is 2.31. The van der Waals surface area contributed by atoms with Crippen molar-refractivity contribution in [3.05, 3.63) is 0 Å². The third-order valence-corrected chi connectivity index (χ3v) is 2.53. The van der Waals surface area contributed by atoms with Crippen molar-refractivity contribution in [1.29, 1.82) is 0 Å². The Balaban J connectivity index is 0. The van der Waals surface area contributed by atoms with Gasteiger partial charge >= 0.3 is 0 Å². The molecule has 0 amide bonds. The number of carbonyl (C=O) groups excluding carboxylic acids is 1. The van der Waals surface area contributed by atoms with Gasteiger partial charge < -0.3 is 5.32 Å². The van der Waals surface area contributed by atoms with Crippen LogP contribution in [-0.4, -0.2) is 19.4 Å². The lowest BCUT2D eigenvalue weighted by Crippen LogP contribution is -2.34. The van der Waals surface area contributed by atoms with Crippen molar-refractivity contribution in [2.45, 2.75) is 54.9 Å². The van der Waals surface area contributed by atoms with Crippen LogP contribution >= 0.6 is 0 Å². The predicted octanol–water partition coefficient (Wildman–Crippen LogP) is 3.26. The van der Waals surface area contributed by atoms with E-state index in [9.17, 15) is 4.79 Å². The number of carbonyl (C=O) groups is 1. The van der Waals surface area contributed by atoms with Gasteiger partial charge in [0.2, 0.25) is 0 Å². The van der Waals surface area contributed by atoms with Gasteiger partial charge in [-0.05, 0) is 32.4 Å². The molecule has 0 saturated heterocycles. The minimum atomic E-state index is -0.194. The fourth-order valence-corrected chi connectivity index (χ4v) is 1.86. The molecule has 0 aromatic rings.